The third-order valence-electron chi connectivity index (χ3n) is 1.87. The zero-order valence-electron chi connectivity index (χ0n) is 8.99. The molecule has 1 rings (SSSR count). The molecule has 1 aromatic heterocycles. The number of carboxylic acid groups (broad SMARTS) is 1. The lowest BCUT2D eigenvalue weighted by Crippen LogP contribution is -2.30. The number of halogens is 3. The minimum absolute atomic E-state index is 0.0848. The van der Waals surface area contributed by atoms with Gasteiger partial charge in [-0.3, -0.25) is 4.79 Å². The number of aliphatic carboxylic acids is 1. The number of anilines is 1. The van der Waals surface area contributed by atoms with Crippen LogP contribution in [0.1, 0.15) is 19.0 Å². The van der Waals surface area contributed by atoms with Crippen molar-refractivity contribution in [3.8, 4) is 0 Å². The summed E-state index contributed by atoms with van der Waals surface area (Å²) in [4.78, 5) is 15.3. The number of hydrogen-bond acceptors (Lipinski definition) is 4. The molecule has 0 unspecified atom stereocenters. The highest BCUT2D eigenvalue weighted by Crippen LogP contribution is 2.32. The molecule has 8 heteroatoms. The van der Waals surface area contributed by atoms with Gasteiger partial charge in [0.15, 0.2) is 10.8 Å². The van der Waals surface area contributed by atoms with Crippen molar-refractivity contribution in [1.82, 2.24) is 4.98 Å². The van der Waals surface area contributed by atoms with E-state index in [-0.39, 0.29) is 11.7 Å². The van der Waals surface area contributed by atoms with Crippen LogP contribution < -0.4 is 4.90 Å². The fourth-order valence-electron chi connectivity index (χ4n) is 1.22. The Bertz CT molecular complexity index is 392. The zero-order valence-corrected chi connectivity index (χ0v) is 9.81. The van der Waals surface area contributed by atoms with Gasteiger partial charge < -0.3 is 10.0 Å². The van der Waals surface area contributed by atoms with E-state index in [9.17, 15) is 18.0 Å². The van der Waals surface area contributed by atoms with Crippen molar-refractivity contribution in [3.63, 3.8) is 0 Å². The molecular weight excluding hydrogens is 257 g/mol. The Hall–Kier alpha value is -1.31. The van der Waals surface area contributed by atoms with Crippen LogP contribution in [0.5, 0.6) is 0 Å². The molecule has 0 aliphatic carbocycles. The molecule has 0 aliphatic rings. The van der Waals surface area contributed by atoms with Crippen molar-refractivity contribution in [2.24, 2.45) is 0 Å². The Labute approximate surface area is 99.7 Å². The molecule has 0 amide bonds. The Morgan fingerprint density at radius 3 is 2.65 bits per heavy atom. The molecule has 0 spiro atoms. The van der Waals surface area contributed by atoms with Crippen LogP contribution in [-0.4, -0.2) is 29.1 Å². The molecule has 0 saturated carbocycles. The molecule has 0 bridgehead atoms. The number of carboxylic acids is 1. The van der Waals surface area contributed by atoms with Gasteiger partial charge in [0, 0.05) is 11.9 Å². The Morgan fingerprint density at radius 2 is 2.24 bits per heavy atom. The molecule has 0 aromatic carbocycles. The molecule has 0 saturated heterocycles. The highest BCUT2D eigenvalue weighted by atomic mass is 32.1. The summed E-state index contributed by atoms with van der Waals surface area (Å²) in [6.45, 7) is 1.82. The van der Waals surface area contributed by atoms with Gasteiger partial charge in [-0.05, 0) is 6.42 Å². The standard InChI is InChI=1S/C9H11F3N2O2S/c1-2-3-14(4-7(15)16)8-13-6(5-17-8)9(10,11)12/h5H,2-4H2,1H3,(H,15,16). The van der Waals surface area contributed by atoms with E-state index in [0.717, 1.165) is 16.7 Å². The largest absolute Gasteiger partial charge is 0.480 e. The first-order valence-corrected chi connectivity index (χ1v) is 5.72. The summed E-state index contributed by atoms with van der Waals surface area (Å²) in [7, 11) is 0. The summed E-state index contributed by atoms with van der Waals surface area (Å²) >= 11 is 0.798. The van der Waals surface area contributed by atoms with Crippen LogP contribution in [0.15, 0.2) is 5.38 Å². The SMILES string of the molecule is CCCN(CC(=O)O)c1nc(C(F)(F)F)cs1. The highest BCUT2D eigenvalue weighted by Gasteiger charge is 2.34. The lowest BCUT2D eigenvalue weighted by atomic mass is 10.4. The molecule has 1 aromatic rings. The normalized spacial score (nSPS) is 11.5. The van der Waals surface area contributed by atoms with Gasteiger partial charge in [0.1, 0.15) is 6.54 Å². The monoisotopic (exact) mass is 268 g/mol. The van der Waals surface area contributed by atoms with Gasteiger partial charge in [-0.1, -0.05) is 6.92 Å². The first-order chi connectivity index (χ1) is 7.84. The predicted octanol–water partition coefficient (Wildman–Crippen LogP) is 2.46. The average Bonchev–Trinajstić information content (AvgIpc) is 2.64. The third kappa shape index (κ3) is 3.88. The van der Waals surface area contributed by atoms with Crippen molar-refractivity contribution >= 4 is 22.4 Å². The molecule has 0 atom stereocenters. The van der Waals surface area contributed by atoms with E-state index in [0.29, 0.717) is 13.0 Å². The third-order valence-corrected chi connectivity index (χ3v) is 2.77. The van der Waals surface area contributed by atoms with Gasteiger partial charge in [0.25, 0.3) is 0 Å². The maximum absolute atomic E-state index is 12.3. The molecule has 0 aliphatic heterocycles. The van der Waals surface area contributed by atoms with E-state index in [4.69, 9.17) is 5.11 Å². The summed E-state index contributed by atoms with van der Waals surface area (Å²) in [5.41, 5.74) is -0.982. The van der Waals surface area contributed by atoms with E-state index < -0.39 is 17.8 Å². The number of aromatic nitrogens is 1. The van der Waals surface area contributed by atoms with Crippen LogP contribution in [0.4, 0.5) is 18.3 Å². The number of rotatable bonds is 5. The summed E-state index contributed by atoms with van der Waals surface area (Å²) in [5, 5.41) is 9.63. The second kappa shape index (κ2) is 5.35. The van der Waals surface area contributed by atoms with Crippen molar-refractivity contribution in [2.45, 2.75) is 19.5 Å². The summed E-state index contributed by atoms with van der Waals surface area (Å²) in [6.07, 6.45) is -3.86. The topological polar surface area (TPSA) is 53.4 Å². The number of alkyl halides is 3. The molecule has 17 heavy (non-hydrogen) atoms. The van der Waals surface area contributed by atoms with Gasteiger partial charge in [-0.2, -0.15) is 13.2 Å². The van der Waals surface area contributed by atoms with Crippen LogP contribution in [0.2, 0.25) is 0 Å². The van der Waals surface area contributed by atoms with Crippen LogP contribution in [0.25, 0.3) is 0 Å². The lowest BCUT2D eigenvalue weighted by molar-refractivity contribution is -0.140. The lowest BCUT2D eigenvalue weighted by Gasteiger charge is -2.18. The fourth-order valence-corrected chi connectivity index (χ4v) is 2.07. The molecular formula is C9H11F3N2O2S. The van der Waals surface area contributed by atoms with Gasteiger partial charge in [0.2, 0.25) is 0 Å². The van der Waals surface area contributed by atoms with Gasteiger partial charge >= 0.3 is 12.1 Å². The zero-order chi connectivity index (χ0) is 13.1. The highest BCUT2D eigenvalue weighted by molar-refractivity contribution is 7.13. The van der Waals surface area contributed by atoms with Crippen LogP contribution in [-0.2, 0) is 11.0 Å². The molecule has 1 N–H and O–H groups in total. The molecule has 0 fully saturated rings. The number of carbonyl (C=O) groups is 1. The van der Waals surface area contributed by atoms with E-state index in [1.807, 2.05) is 6.92 Å². The molecule has 4 nitrogen and oxygen atoms in total. The molecule has 96 valence electrons. The molecule has 1 heterocycles. The van der Waals surface area contributed by atoms with Crippen molar-refractivity contribution < 1.29 is 23.1 Å². The second-order valence-electron chi connectivity index (χ2n) is 3.33. The minimum Gasteiger partial charge on any atom is -0.480 e. The van der Waals surface area contributed by atoms with Crippen LogP contribution in [0, 0.1) is 0 Å². The van der Waals surface area contributed by atoms with Crippen molar-refractivity contribution in [2.75, 3.05) is 18.0 Å². The number of nitrogens with zero attached hydrogens (tertiary/aromatic N) is 2. The fraction of sp³-hybridized carbons (Fsp3) is 0.556. The van der Waals surface area contributed by atoms with E-state index in [1.54, 1.807) is 0 Å². The van der Waals surface area contributed by atoms with Crippen molar-refractivity contribution in [3.05, 3.63) is 11.1 Å². The summed E-state index contributed by atoms with van der Waals surface area (Å²) in [5.74, 6) is -1.10. The van der Waals surface area contributed by atoms with E-state index in [2.05, 4.69) is 4.98 Å². The maximum atomic E-state index is 12.3. The first-order valence-electron chi connectivity index (χ1n) is 4.84. The van der Waals surface area contributed by atoms with Gasteiger partial charge in [0.05, 0.1) is 0 Å². The van der Waals surface area contributed by atoms with E-state index in [1.165, 1.54) is 4.90 Å². The second-order valence-corrected chi connectivity index (χ2v) is 4.16. The maximum Gasteiger partial charge on any atom is 0.434 e. The quantitative estimate of drug-likeness (QED) is 0.891. The smallest absolute Gasteiger partial charge is 0.434 e. The van der Waals surface area contributed by atoms with E-state index >= 15 is 0 Å². The average molecular weight is 268 g/mol. The van der Waals surface area contributed by atoms with Gasteiger partial charge in [-0.15, -0.1) is 11.3 Å². The summed E-state index contributed by atoms with van der Waals surface area (Å²) in [6, 6.07) is 0. The number of thiazole rings is 1. The Kier molecular flexibility index (Phi) is 4.33. The Morgan fingerprint density at radius 1 is 1.59 bits per heavy atom. The van der Waals surface area contributed by atoms with Crippen LogP contribution >= 0.6 is 11.3 Å². The predicted molar refractivity (Wildman–Crippen MR) is 57.3 cm³/mol. The van der Waals surface area contributed by atoms with Gasteiger partial charge in [-0.25, -0.2) is 4.98 Å². The summed E-state index contributed by atoms with van der Waals surface area (Å²) < 4.78 is 37.0. The van der Waals surface area contributed by atoms with Crippen molar-refractivity contribution in [1.29, 1.82) is 0 Å². The first kappa shape index (κ1) is 13.8. The Balaban J connectivity index is 2.87. The minimum atomic E-state index is -4.49. The number of hydrogen-bond donors (Lipinski definition) is 1. The van der Waals surface area contributed by atoms with Crippen LogP contribution in [0.3, 0.4) is 0 Å². The molecule has 0 radical (unpaired) electrons.